The van der Waals surface area contributed by atoms with Crippen molar-refractivity contribution in [3.63, 3.8) is 0 Å². The van der Waals surface area contributed by atoms with Crippen LogP contribution in [-0.2, 0) is 17.9 Å². The highest BCUT2D eigenvalue weighted by Crippen LogP contribution is 2.23. The second-order valence-electron chi connectivity index (χ2n) is 6.08. The average Bonchev–Trinajstić information content (AvgIpc) is 3.42. The summed E-state index contributed by atoms with van der Waals surface area (Å²) >= 11 is 7.23. The largest absolute Gasteiger partial charge is 0.451 e. The van der Waals surface area contributed by atoms with Crippen LogP contribution in [0.5, 0.6) is 0 Å². The molecule has 0 amide bonds. The summed E-state index contributed by atoms with van der Waals surface area (Å²) < 4.78 is 10.9. The molecular formula is C21H16ClN3O3S. The first kappa shape index (κ1) is 19.2. The smallest absolute Gasteiger partial charge is 0.358 e. The summed E-state index contributed by atoms with van der Waals surface area (Å²) in [6, 6.07) is 17.2. The lowest BCUT2D eigenvalue weighted by atomic mass is 10.2. The standard InChI is InChI=1S/C21H16ClN3O3S/c22-16-8-6-15(7-9-16)18-11-23-19(28-18)12-27-20(26)17-13-29-21(25-17)24-10-14-4-2-1-3-5-14/h1-9,11,13H,10,12H2,(H,24,25). The lowest BCUT2D eigenvalue weighted by molar-refractivity contribution is 0.0433. The van der Waals surface area contributed by atoms with Crippen molar-refractivity contribution >= 4 is 34.0 Å². The summed E-state index contributed by atoms with van der Waals surface area (Å²) in [7, 11) is 0. The van der Waals surface area contributed by atoms with Gasteiger partial charge >= 0.3 is 5.97 Å². The number of carbonyl (C=O) groups is 1. The third-order valence-electron chi connectivity index (χ3n) is 4.01. The zero-order valence-corrected chi connectivity index (χ0v) is 16.7. The van der Waals surface area contributed by atoms with Gasteiger partial charge in [0.2, 0.25) is 5.89 Å². The third kappa shape index (κ3) is 5.01. The number of esters is 1. The molecular weight excluding hydrogens is 410 g/mol. The molecule has 0 saturated carbocycles. The molecule has 0 aliphatic heterocycles. The summed E-state index contributed by atoms with van der Waals surface area (Å²) in [6.45, 7) is 0.559. The Hall–Kier alpha value is -3.16. The summed E-state index contributed by atoms with van der Waals surface area (Å²) in [5, 5.41) is 6.15. The molecule has 8 heteroatoms. The molecule has 0 atom stereocenters. The molecule has 0 bridgehead atoms. The maximum absolute atomic E-state index is 12.2. The first-order chi connectivity index (χ1) is 14.2. The summed E-state index contributed by atoms with van der Waals surface area (Å²) in [4.78, 5) is 20.6. The van der Waals surface area contributed by atoms with E-state index in [0.29, 0.717) is 28.3 Å². The van der Waals surface area contributed by atoms with E-state index >= 15 is 0 Å². The van der Waals surface area contributed by atoms with Gasteiger partial charge in [-0.05, 0) is 29.8 Å². The fourth-order valence-electron chi connectivity index (χ4n) is 2.55. The van der Waals surface area contributed by atoms with Crippen molar-refractivity contribution in [2.24, 2.45) is 0 Å². The van der Waals surface area contributed by atoms with Crippen LogP contribution < -0.4 is 5.32 Å². The Labute approximate surface area is 176 Å². The summed E-state index contributed by atoms with van der Waals surface area (Å²) in [5.41, 5.74) is 2.22. The van der Waals surface area contributed by atoms with Crippen LogP contribution in [0.2, 0.25) is 5.02 Å². The van der Waals surface area contributed by atoms with Crippen LogP contribution in [-0.4, -0.2) is 15.9 Å². The van der Waals surface area contributed by atoms with E-state index in [1.807, 2.05) is 42.5 Å². The van der Waals surface area contributed by atoms with Crippen LogP contribution in [0.3, 0.4) is 0 Å². The first-order valence-electron chi connectivity index (χ1n) is 8.78. The van der Waals surface area contributed by atoms with Gasteiger partial charge in [-0.15, -0.1) is 11.3 Å². The second kappa shape index (κ2) is 8.89. The molecule has 0 saturated heterocycles. The quantitative estimate of drug-likeness (QED) is 0.398. The van der Waals surface area contributed by atoms with E-state index in [2.05, 4.69) is 15.3 Å². The van der Waals surface area contributed by atoms with E-state index in [4.69, 9.17) is 20.8 Å². The molecule has 29 heavy (non-hydrogen) atoms. The molecule has 4 aromatic rings. The van der Waals surface area contributed by atoms with Gasteiger partial charge in [0, 0.05) is 22.5 Å². The van der Waals surface area contributed by atoms with Crippen molar-refractivity contribution < 1.29 is 13.9 Å². The van der Waals surface area contributed by atoms with Crippen LogP contribution in [0.15, 0.2) is 70.6 Å². The molecule has 0 spiro atoms. The fourth-order valence-corrected chi connectivity index (χ4v) is 3.35. The van der Waals surface area contributed by atoms with Crippen molar-refractivity contribution in [1.82, 2.24) is 9.97 Å². The predicted molar refractivity (Wildman–Crippen MR) is 112 cm³/mol. The summed E-state index contributed by atoms with van der Waals surface area (Å²) in [5.74, 6) is 0.356. The van der Waals surface area contributed by atoms with E-state index < -0.39 is 5.97 Å². The van der Waals surface area contributed by atoms with Gasteiger partial charge in [0.25, 0.3) is 0 Å². The second-order valence-corrected chi connectivity index (χ2v) is 7.37. The molecule has 0 fully saturated rings. The maximum atomic E-state index is 12.2. The predicted octanol–water partition coefficient (Wildman–Crippen LogP) is 5.42. The number of aromatic nitrogens is 2. The van der Waals surface area contributed by atoms with Crippen LogP contribution in [0.25, 0.3) is 11.3 Å². The Morgan fingerprint density at radius 3 is 2.72 bits per heavy atom. The van der Waals surface area contributed by atoms with Crippen LogP contribution >= 0.6 is 22.9 Å². The number of halogens is 1. The Morgan fingerprint density at radius 1 is 1.14 bits per heavy atom. The highest BCUT2D eigenvalue weighted by atomic mass is 35.5. The minimum absolute atomic E-state index is 0.0727. The fraction of sp³-hybridized carbons (Fsp3) is 0.0952. The zero-order chi connectivity index (χ0) is 20.1. The zero-order valence-electron chi connectivity index (χ0n) is 15.2. The topological polar surface area (TPSA) is 77.2 Å². The van der Waals surface area contributed by atoms with Gasteiger partial charge in [0.15, 0.2) is 23.2 Å². The number of carbonyl (C=O) groups excluding carboxylic acids is 1. The number of hydrogen-bond donors (Lipinski definition) is 1. The lowest BCUT2D eigenvalue weighted by Gasteiger charge is -2.02. The van der Waals surface area contributed by atoms with E-state index in [1.165, 1.54) is 11.3 Å². The number of ether oxygens (including phenoxy) is 1. The number of benzene rings is 2. The van der Waals surface area contributed by atoms with Crippen molar-refractivity contribution in [1.29, 1.82) is 0 Å². The number of anilines is 1. The Kier molecular flexibility index (Phi) is 5.88. The highest BCUT2D eigenvalue weighted by molar-refractivity contribution is 7.13. The number of nitrogens with one attached hydrogen (secondary N) is 1. The molecule has 0 aliphatic rings. The normalized spacial score (nSPS) is 10.7. The van der Waals surface area contributed by atoms with Crippen LogP contribution in [0, 0.1) is 0 Å². The minimum Gasteiger partial charge on any atom is -0.451 e. The average molecular weight is 426 g/mol. The van der Waals surface area contributed by atoms with Gasteiger partial charge in [-0.25, -0.2) is 14.8 Å². The third-order valence-corrected chi connectivity index (χ3v) is 5.06. The molecule has 2 aromatic heterocycles. The van der Waals surface area contributed by atoms with Gasteiger partial charge in [0.05, 0.1) is 6.20 Å². The molecule has 1 N–H and O–H groups in total. The van der Waals surface area contributed by atoms with Crippen LogP contribution in [0.1, 0.15) is 21.9 Å². The number of thiazole rings is 1. The van der Waals surface area contributed by atoms with Crippen molar-refractivity contribution in [3.8, 4) is 11.3 Å². The first-order valence-corrected chi connectivity index (χ1v) is 10.0. The van der Waals surface area contributed by atoms with E-state index in [-0.39, 0.29) is 12.3 Å². The van der Waals surface area contributed by atoms with Crippen molar-refractivity contribution in [2.75, 3.05) is 5.32 Å². The number of rotatable bonds is 7. The SMILES string of the molecule is O=C(OCc1ncc(-c2ccc(Cl)cc2)o1)c1csc(NCc2ccccc2)n1. The van der Waals surface area contributed by atoms with E-state index in [9.17, 15) is 4.79 Å². The number of hydrogen-bond acceptors (Lipinski definition) is 7. The van der Waals surface area contributed by atoms with Crippen molar-refractivity contribution in [3.05, 3.63) is 88.3 Å². The van der Waals surface area contributed by atoms with E-state index in [0.717, 1.165) is 11.1 Å². The number of oxazole rings is 1. The Balaban J connectivity index is 1.31. The minimum atomic E-state index is -0.528. The van der Waals surface area contributed by atoms with Gasteiger partial charge in [-0.1, -0.05) is 41.9 Å². The van der Waals surface area contributed by atoms with Gasteiger partial charge in [0.1, 0.15) is 0 Å². The van der Waals surface area contributed by atoms with Gasteiger partial charge in [-0.3, -0.25) is 0 Å². The van der Waals surface area contributed by atoms with Crippen molar-refractivity contribution in [2.45, 2.75) is 13.2 Å². The lowest BCUT2D eigenvalue weighted by Crippen LogP contribution is -2.06. The molecule has 4 rings (SSSR count). The van der Waals surface area contributed by atoms with E-state index in [1.54, 1.807) is 23.7 Å². The maximum Gasteiger partial charge on any atom is 0.358 e. The molecule has 6 nitrogen and oxygen atoms in total. The Morgan fingerprint density at radius 2 is 1.93 bits per heavy atom. The monoisotopic (exact) mass is 425 g/mol. The molecule has 2 heterocycles. The molecule has 0 radical (unpaired) electrons. The highest BCUT2D eigenvalue weighted by Gasteiger charge is 2.14. The van der Waals surface area contributed by atoms with Gasteiger partial charge < -0.3 is 14.5 Å². The van der Waals surface area contributed by atoms with Gasteiger partial charge in [-0.2, -0.15) is 0 Å². The Bertz CT molecular complexity index is 1090. The molecule has 2 aromatic carbocycles. The molecule has 146 valence electrons. The summed E-state index contributed by atoms with van der Waals surface area (Å²) in [6.07, 6.45) is 1.58. The molecule has 0 aliphatic carbocycles. The molecule has 0 unspecified atom stereocenters. The van der Waals surface area contributed by atoms with Crippen LogP contribution in [0.4, 0.5) is 5.13 Å². The number of nitrogens with zero attached hydrogens (tertiary/aromatic N) is 2.